The Morgan fingerprint density at radius 2 is 1.83 bits per heavy atom. The van der Waals surface area contributed by atoms with E-state index in [0.717, 1.165) is 12.8 Å². The van der Waals surface area contributed by atoms with Crippen molar-refractivity contribution in [1.29, 1.82) is 0 Å². The van der Waals surface area contributed by atoms with E-state index in [1.54, 1.807) is 0 Å². The van der Waals surface area contributed by atoms with Crippen molar-refractivity contribution < 1.29 is 13.9 Å². The lowest BCUT2D eigenvalue weighted by Crippen LogP contribution is -2.47. The zero-order chi connectivity index (χ0) is 16.9. The zero-order valence-electron chi connectivity index (χ0n) is 15.3. The minimum atomic E-state index is -1.70. The van der Waals surface area contributed by atoms with E-state index >= 15 is 0 Å². The van der Waals surface area contributed by atoms with Crippen LogP contribution in [0, 0.1) is 0 Å². The third kappa shape index (κ3) is 5.71. The Hall–Kier alpha value is -0.683. The van der Waals surface area contributed by atoms with E-state index in [2.05, 4.69) is 46.0 Å². The van der Waals surface area contributed by atoms with Crippen molar-refractivity contribution in [2.75, 3.05) is 13.2 Å². The highest BCUT2D eigenvalue weighted by Crippen LogP contribution is 2.38. The molecule has 23 heavy (non-hydrogen) atoms. The Bertz CT molecular complexity index is 459. The van der Waals surface area contributed by atoms with Gasteiger partial charge in [-0.15, -0.1) is 0 Å². The van der Waals surface area contributed by atoms with Crippen molar-refractivity contribution in [3.8, 4) is 0 Å². The molecule has 0 saturated carbocycles. The fourth-order valence-electron chi connectivity index (χ4n) is 2.48. The molecule has 0 spiro atoms. The van der Waals surface area contributed by atoms with Crippen LogP contribution in [0.15, 0.2) is 30.3 Å². The van der Waals surface area contributed by atoms with Crippen LogP contribution in [0.3, 0.4) is 0 Å². The summed E-state index contributed by atoms with van der Waals surface area (Å²) in [6.07, 6.45) is 2.55. The second kappa shape index (κ2) is 7.93. The summed E-state index contributed by atoms with van der Waals surface area (Å²) in [6, 6.07) is 10.3. The van der Waals surface area contributed by atoms with E-state index in [1.807, 2.05) is 18.2 Å². The molecule has 4 heteroatoms. The van der Waals surface area contributed by atoms with Crippen molar-refractivity contribution in [2.24, 2.45) is 0 Å². The lowest BCUT2D eigenvalue weighted by Gasteiger charge is -2.41. The predicted molar refractivity (Wildman–Crippen MR) is 97.1 cm³/mol. The van der Waals surface area contributed by atoms with Gasteiger partial charge in [0.15, 0.2) is 8.32 Å². The Kier molecular flexibility index (Phi) is 6.43. The van der Waals surface area contributed by atoms with Crippen molar-refractivity contribution in [3.05, 3.63) is 35.9 Å². The molecule has 1 aliphatic rings. The molecule has 3 nitrogen and oxygen atoms in total. The highest BCUT2D eigenvalue weighted by Gasteiger charge is 2.40. The monoisotopic (exact) mass is 336 g/mol. The Morgan fingerprint density at radius 3 is 2.39 bits per heavy atom. The van der Waals surface area contributed by atoms with E-state index in [0.29, 0.717) is 19.8 Å². The van der Waals surface area contributed by atoms with Crippen LogP contribution in [-0.2, 0) is 20.5 Å². The van der Waals surface area contributed by atoms with Gasteiger partial charge in [-0.25, -0.2) is 0 Å². The number of benzene rings is 1. The van der Waals surface area contributed by atoms with Gasteiger partial charge >= 0.3 is 0 Å². The van der Waals surface area contributed by atoms with Crippen LogP contribution in [-0.4, -0.2) is 33.7 Å². The van der Waals surface area contributed by atoms with Crippen LogP contribution in [0.4, 0.5) is 0 Å². The van der Waals surface area contributed by atoms with Gasteiger partial charge in [-0.3, -0.25) is 0 Å². The second-order valence-electron chi connectivity index (χ2n) is 8.03. The van der Waals surface area contributed by atoms with Gasteiger partial charge in [0, 0.05) is 0 Å². The number of ether oxygens (including phenoxy) is 2. The normalized spacial score (nSPS) is 23.0. The van der Waals surface area contributed by atoms with Gasteiger partial charge in [-0.2, -0.15) is 0 Å². The summed E-state index contributed by atoms with van der Waals surface area (Å²) in [5, 5.41) is 0.253. The molecular weight excluding hydrogens is 304 g/mol. The average molecular weight is 337 g/mol. The van der Waals surface area contributed by atoms with Gasteiger partial charge in [0.05, 0.1) is 32.0 Å². The van der Waals surface area contributed by atoms with Gasteiger partial charge in [0.1, 0.15) is 0 Å². The fourth-order valence-corrected chi connectivity index (χ4v) is 3.85. The summed E-state index contributed by atoms with van der Waals surface area (Å²) in [7, 11) is -1.70. The van der Waals surface area contributed by atoms with Crippen molar-refractivity contribution in [1.82, 2.24) is 0 Å². The molecule has 1 aromatic rings. The molecule has 130 valence electrons. The predicted octanol–water partition coefficient (Wildman–Crippen LogP) is 4.77. The van der Waals surface area contributed by atoms with Gasteiger partial charge in [-0.05, 0) is 36.5 Å². The number of hydrogen-bond acceptors (Lipinski definition) is 3. The highest BCUT2D eigenvalue weighted by atomic mass is 28.4. The molecule has 0 bridgehead atoms. The topological polar surface area (TPSA) is 27.7 Å². The molecule has 0 aromatic heterocycles. The maximum Gasteiger partial charge on any atom is 0.192 e. The van der Waals surface area contributed by atoms with E-state index in [-0.39, 0.29) is 17.2 Å². The van der Waals surface area contributed by atoms with Crippen LogP contribution in [0.5, 0.6) is 0 Å². The molecule has 1 saturated heterocycles. The zero-order valence-corrected chi connectivity index (χ0v) is 16.3. The first-order chi connectivity index (χ1) is 10.8. The SMILES string of the molecule is CC(C)(C)[Si](C)(C)O[C@H]1CC[C@H](COCc2ccccc2)OC1. The summed E-state index contributed by atoms with van der Waals surface area (Å²) >= 11 is 0. The number of rotatable bonds is 6. The van der Waals surface area contributed by atoms with E-state index in [4.69, 9.17) is 13.9 Å². The minimum Gasteiger partial charge on any atom is -0.412 e. The molecule has 2 atom stereocenters. The minimum absolute atomic E-state index is 0.206. The van der Waals surface area contributed by atoms with Crippen LogP contribution in [0.25, 0.3) is 0 Å². The average Bonchev–Trinajstić information content (AvgIpc) is 2.49. The van der Waals surface area contributed by atoms with Crippen molar-refractivity contribution in [2.45, 2.75) is 70.6 Å². The Labute approximate surface area is 142 Å². The number of hydrogen-bond donors (Lipinski definition) is 0. The summed E-state index contributed by atoms with van der Waals surface area (Å²) in [6.45, 7) is 13.5. The standard InChI is InChI=1S/C19H32O3Si/c1-19(2,3)23(4,5)22-18-12-11-17(21-15-18)14-20-13-16-9-7-6-8-10-16/h6-10,17-18H,11-15H2,1-5H3/t17-,18+/m1/s1. The quantitative estimate of drug-likeness (QED) is 0.700. The van der Waals surface area contributed by atoms with E-state index < -0.39 is 8.32 Å². The fraction of sp³-hybridized carbons (Fsp3) is 0.684. The summed E-state index contributed by atoms with van der Waals surface area (Å²) < 4.78 is 18.2. The first kappa shape index (κ1) is 18.7. The van der Waals surface area contributed by atoms with Crippen LogP contribution < -0.4 is 0 Å². The highest BCUT2D eigenvalue weighted by molar-refractivity contribution is 6.74. The first-order valence-corrected chi connectivity index (χ1v) is 11.6. The Balaban J connectivity index is 1.68. The van der Waals surface area contributed by atoms with E-state index in [9.17, 15) is 0 Å². The molecule has 1 fully saturated rings. The van der Waals surface area contributed by atoms with Crippen LogP contribution in [0.1, 0.15) is 39.2 Å². The lowest BCUT2D eigenvalue weighted by atomic mass is 10.1. The third-order valence-corrected chi connectivity index (χ3v) is 9.55. The lowest BCUT2D eigenvalue weighted by molar-refractivity contribution is -0.0845. The Morgan fingerprint density at radius 1 is 1.13 bits per heavy atom. The molecule has 1 aliphatic heterocycles. The first-order valence-electron chi connectivity index (χ1n) is 8.69. The molecule has 0 unspecified atom stereocenters. The summed E-state index contributed by atoms with van der Waals surface area (Å²) in [5.41, 5.74) is 1.21. The van der Waals surface area contributed by atoms with Crippen LogP contribution in [0.2, 0.25) is 18.1 Å². The molecule has 2 rings (SSSR count). The second-order valence-corrected chi connectivity index (χ2v) is 12.8. The van der Waals surface area contributed by atoms with Crippen molar-refractivity contribution in [3.63, 3.8) is 0 Å². The largest absolute Gasteiger partial charge is 0.412 e. The van der Waals surface area contributed by atoms with Gasteiger partial charge in [0.25, 0.3) is 0 Å². The smallest absolute Gasteiger partial charge is 0.192 e. The molecule has 0 aliphatic carbocycles. The van der Waals surface area contributed by atoms with E-state index in [1.165, 1.54) is 5.56 Å². The molecule has 1 aromatic carbocycles. The summed E-state index contributed by atoms with van der Waals surface area (Å²) in [4.78, 5) is 0. The molecular formula is C19H32O3Si. The molecule has 0 radical (unpaired) electrons. The van der Waals surface area contributed by atoms with Gasteiger partial charge in [0.2, 0.25) is 0 Å². The molecule has 0 amide bonds. The third-order valence-electron chi connectivity index (χ3n) is 5.01. The summed E-state index contributed by atoms with van der Waals surface area (Å²) in [5.74, 6) is 0. The maximum atomic E-state index is 6.44. The van der Waals surface area contributed by atoms with Gasteiger partial charge < -0.3 is 13.9 Å². The van der Waals surface area contributed by atoms with Crippen molar-refractivity contribution >= 4 is 8.32 Å². The molecule has 1 heterocycles. The maximum absolute atomic E-state index is 6.44. The van der Waals surface area contributed by atoms with Gasteiger partial charge in [-0.1, -0.05) is 51.1 Å². The molecule has 0 N–H and O–H groups in total. The van der Waals surface area contributed by atoms with Crippen LogP contribution >= 0.6 is 0 Å².